The predicted molar refractivity (Wildman–Crippen MR) is 55.0 cm³/mol. The van der Waals surface area contributed by atoms with Gasteiger partial charge in [0.15, 0.2) is 0 Å². The van der Waals surface area contributed by atoms with E-state index in [2.05, 4.69) is 27.4 Å². The second-order valence-corrected chi connectivity index (χ2v) is 3.48. The van der Waals surface area contributed by atoms with Crippen molar-refractivity contribution in [2.45, 2.75) is 39.6 Å². The normalized spacial score (nSPS) is 18.6. The van der Waals surface area contributed by atoms with E-state index in [-0.39, 0.29) is 12.4 Å². The maximum atomic E-state index is 5.64. The Morgan fingerprint density at radius 2 is 2.08 bits per heavy atom. The Balaban J connectivity index is 3.79. The standard InChI is InChI=1S/C9H20O2Si/c1-5-7(3)8(4)10-9(6-2)11-12/h5,7-9H,1,6H2,2-4,12H3. The van der Waals surface area contributed by atoms with Crippen molar-refractivity contribution in [1.82, 2.24) is 0 Å². The number of hydrogen-bond donors (Lipinski definition) is 0. The van der Waals surface area contributed by atoms with Crippen LogP contribution in [0.1, 0.15) is 27.2 Å². The molecule has 0 fully saturated rings. The monoisotopic (exact) mass is 188 g/mol. The highest BCUT2D eigenvalue weighted by molar-refractivity contribution is 5.98. The second kappa shape index (κ2) is 6.40. The smallest absolute Gasteiger partial charge is 0.149 e. The lowest BCUT2D eigenvalue weighted by atomic mass is 10.1. The lowest BCUT2D eigenvalue weighted by Crippen LogP contribution is -2.25. The van der Waals surface area contributed by atoms with E-state index in [0.29, 0.717) is 5.92 Å². The molecule has 0 spiro atoms. The molecule has 0 saturated heterocycles. The molecule has 0 aromatic rings. The molecule has 3 atom stereocenters. The molecule has 12 heavy (non-hydrogen) atoms. The molecule has 0 N–H and O–H groups in total. The van der Waals surface area contributed by atoms with Gasteiger partial charge in [0.25, 0.3) is 0 Å². The third-order valence-electron chi connectivity index (χ3n) is 2.07. The van der Waals surface area contributed by atoms with Crippen LogP contribution in [-0.2, 0) is 9.16 Å². The van der Waals surface area contributed by atoms with Crippen LogP contribution < -0.4 is 0 Å². The molecule has 3 heteroatoms. The Hall–Kier alpha value is -0.123. The van der Waals surface area contributed by atoms with Crippen molar-refractivity contribution in [3.8, 4) is 0 Å². The highest BCUT2D eigenvalue weighted by Gasteiger charge is 2.13. The third-order valence-corrected chi connectivity index (χ3v) is 2.60. The van der Waals surface area contributed by atoms with Crippen molar-refractivity contribution in [2.24, 2.45) is 5.92 Å². The molecule has 0 rings (SSSR count). The Labute approximate surface area is 78.5 Å². The summed E-state index contributed by atoms with van der Waals surface area (Å²) in [5, 5.41) is 0. The Morgan fingerprint density at radius 3 is 2.42 bits per heavy atom. The summed E-state index contributed by atoms with van der Waals surface area (Å²) in [6, 6.07) is 0. The SMILES string of the molecule is C=CC(C)C(C)OC(CC)O[SiH3]. The van der Waals surface area contributed by atoms with Crippen LogP contribution in [0, 0.1) is 5.92 Å². The number of ether oxygens (including phenoxy) is 1. The topological polar surface area (TPSA) is 18.5 Å². The van der Waals surface area contributed by atoms with Crippen LogP contribution in [0.15, 0.2) is 12.7 Å². The van der Waals surface area contributed by atoms with Gasteiger partial charge in [-0.15, -0.1) is 6.58 Å². The minimum Gasteiger partial charge on any atom is -0.404 e. The molecule has 0 aliphatic carbocycles. The fourth-order valence-electron chi connectivity index (χ4n) is 0.873. The average molecular weight is 188 g/mol. The first-order valence-corrected chi connectivity index (χ1v) is 5.28. The Morgan fingerprint density at radius 1 is 1.50 bits per heavy atom. The third kappa shape index (κ3) is 4.04. The highest BCUT2D eigenvalue weighted by Crippen LogP contribution is 2.11. The van der Waals surface area contributed by atoms with Gasteiger partial charge in [0.05, 0.1) is 6.10 Å². The summed E-state index contributed by atoms with van der Waals surface area (Å²) in [5.74, 6) is 0.385. The lowest BCUT2D eigenvalue weighted by Gasteiger charge is -2.23. The lowest BCUT2D eigenvalue weighted by molar-refractivity contribution is -0.121. The van der Waals surface area contributed by atoms with E-state index >= 15 is 0 Å². The summed E-state index contributed by atoms with van der Waals surface area (Å²) in [4.78, 5) is 0. The van der Waals surface area contributed by atoms with E-state index < -0.39 is 0 Å². The van der Waals surface area contributed by atoms with Gasteiger partial charge in [0, 0.05) is 0 Å². The van der Waals surface area contributed by atoms with Crippen LogP contribution in [0.4, 0.5) is 0 Å². The minimum absolute atomic E-state index is 0.0194. The number of hydrogen-bond acceptors (Lipinski definition) is 2. The molecule has 2 nitrogen and oxygen atoms in total. The second-order valence-electron chi connectivity index (χ2n) is 3.01. The quantitative estimate of drug-likeness (QED) is 0.355. The van der Waals surface area contributed by atoms with Crippen molar-refractivity contribution >= 4 is 10.5 Å². The molecule has 3 unspecified atom stereocenters. The van der Waals surface area contributed by atoms with Crippen LogP contribution in [0.25, 0.3) is 0 Å². The van der Waals surface area contributed by atoms with E-state index in [1.165, 1.54) is 0 Å². The maximum Gasteiger partial charge on any atom is 0.149 e. The molecule has 0 bridgehead atoms. The van der Waals surface area contributed by atoms with Crippen molar-refractivity contribution in [2.75, 3.05) is 0 Å². The van der Waals surface area contributed by atoms with Crippen LogP contribution in [0.2, 0.25) is 0 Å². The van der Waals surface area contributed by atoms with Gasteiger partial charge in [-0.3, -0.25) is 0 Å². The minimum atomic E-state index is -0.0194. The van der Waals surface area contributed by atoms with E-state index in [4.69, 9.17) is 9.16 Å². The van der Waals surface area contributed by atoms with E-state index in [1.54, 1.807) is 0 Å². The van der Waals surface area contributed by atoms with E-state index in [0.717, 1.165) is 16.9 Å². The summed E-state index contributed by atoms with van der Waals surface area (Å²) in [6.45, 7) is 9.94. The summed E-state index contributed by atoms with van der Waals surface area (Å²) in [6.07, 6.45) is 3.00. The molecule has 0 saturated carbocycles. The summed E-state index contributed by atoms with van der Waals surface area (Å²) in [5.41, 5.74) is 0. The van der Waals surface area contributed by atoms with Gasteiger partial charge in [0.1, 0.15) is 16.8 Å². The van der Waals surface area contributed by atoms with Gasteiger partial charge in [0.2, 0.25) is 0 Å². The molecular weight excluding hydrogens is 168 g/mol. The molecule has 72 valence electrons. The fraction of sp³-hybridized carbons (Fsp3) is 0.778. The predicted octanol–water partition coefficient (Wildman–Crippen LogP) is 1.25. The maximum absolute atomic E-state index is 5.64. The molecule has 0 aliphatic rings. The summed E-state index contributed by atoms with van der Waals surface area (Å²) >= 11 is 0. The van der Waals surface area contributed by atoms with Gasteiger partial charge in [-0.2, -0.15) is 0 Å². The van der Waals surface area contributed by atoms with Gasteiger partial charge in [-0.1, -0.05) is 19.9 Å². The summed E-state index contributed by atoms with van der Waals surface area (Å²) in [7, 11) is 0.734. The van der Waals surface area contributed by atoms with Crippen molar-refractivity contribution in [3.05, 3.63) is 12.7 Å². The summed E-state index contributed by atoms with van der Waals surface area (Å²) < 4.78 is 10.9. The van der Waals surface area contributed by atoms with Crippen molar-refractivity contribution in [1.29, 1.82) is 0 Å². The van der Waals surface area contributed by atoms with Gasteiger partial charge < -0.3 is 9.16 Å². The van der Waals surface area contributed by atoms with Crippen molar-refractivity contribution < 1.29 is 9.16 Å². The zero-order chi connectivity index (χ0) is 9.56. The molecule has 0 aliphatic heterocycles. The molecule has 0 radical (unpaired) electrons. The fourth-order valence-corrected chi connectivity index (χ4v) is 1.32. The largest absolute Gasteiger partial charge is 0.404 e. The van der Waals surface area contributed by atoms with Gasteiger partial charge in [-0.25, -0.2) is 0 Å². The molecule has 0 heterocycles. The molecule has 0 amide bonds. The first-order chi connectivity index (χ1) is 5.65. The number of rotatable bonds is 6. The van der Waals surface area contributed by atoms with Crippen molar-refractivity contribution in [3.63, 3.8) is 0 Å². The zero-order valence-electron chi connectivity index (χ0n) is 8.54. The Kier molecular flexibility index (Phi) is 6.33. The average Bonchev–Trinajstić information content (AvgIpc) is 2.12. The highest BCUT2D eigenvalue weighted by atomic mass is 28.2. The molecule has 0 aromatic carbocycles. The van der Waals surface area contributed by atoms with Crippen LogP contribution >= 0.6 is 0 Å². The zero-order valence-corrected chi connectivity index (χ0v) is 10.5. The first kappa shape index (κ1) is 11.9. The molecule has 0 aromatic heterocycles. The van der Waals surface area contributed by atoms with Gasteiger partial charge >= 0.3 is 0 Å². The van der Waals surface area contributed by atoms with Crippen LogP contribution in [0.3, 0.4) is 0 Å². The van der Waals surface area contributed by atoms with E-state index in [1.807, 2.05) is 6.08 Å². The van der Waals surface area contributed by atoms with Gasteiger partial charge in [-0.05, 0) is 19.3 Å². The molecular formula is C9H20O2Si. The first-order valence-electron chi connectivity index (χ1n) is 4.46. The van der Waals surface area contributed by atoms with Crippen LogP contribution in [0.5, 0.6) is 0 Å². The Bertz CT molecular complexity index is 124. The van der Waals surface area contributed by atoms with Crippen LogP contribution in [-0.4, -0.2) is 22.9 Å². The van der Waals surface area contributed by atoms with E-state index in [9.17, 15) is 0 Å².